The third kappa shape index (κ3) is 3.32. The molecule has 3 aromatic rings. The average molecular weight is 454 g/mol. The molecule has 1 saturated carbocycles. The van der Waals surface area contributed by atoms with Crippen molar-refractivity contribution in [3.05, 3.63) is 59.8 Å². The van der Waals surface area contributed by atoms with Crippen LogP contribution in [0.2, 0.25) is 0 Å². The summed E-state index contributed by atoms with van der Waals surface area (Å²) in [5.41, 5.74) is -1.49. The van der Waals surface area contributed by atoms with Gasteiger partial charge in [-0.05, 0) is 23.6 Å². The number of rotatable bonds is 7. The van der Waals surface area contributed by atoms with Crippen LogP contribution in [0.4, 0.5) is 8.78 Å². The van der Waals surface area contributed by atoms with Gasteiger partial charge < -0.3 is 9.63 Å². The van der Waals surface area contributed by atoms with Crippen molar-refractivity contribution in [1.29, 1.82) is 0 Å². The molecular formula is C19H16F2N2O5S2. The van der Waals surface area contributed by atoms with Crippen LogP contribution >= 0.6 is 11.3 Å². The zero-order valence-electron chi connectivity index (χ0n) is 15.5. The second-order valence-electron chi connectivity index (χ2n) is 6.99. The first-order valence-electron chi connectivity index (χ1n) is 8.84. The number of alkyl halides is 2. The Labute approximate surface area is 174 Å². The molecule has 1 aliphatic rings. The van der Waals surface area contributed by atoms with Gasteiger partial charge in [0.2, 0.25) is 0 Å². The molecule has 11 heteroatoms. The molecule has 0 spiro atoms. The molecule has 30 heavy (non-hydrogen) atoms. The van der Waals surface area contributed by atoms with Gasteiger partial charge >= 0.3 is 5.97 Å². The van der Waals surface area contributed by atoms with Gasteiger partial charge in [0, 0.05) is 12.0 Å². The van der Waals surface area contributed by atoms with Gasteiger partial charge in [0.15, 0.2) is 5.76 Å². The number of aromatic nitrogens is 1. The van der Waals surface area contributed by atoms with E-state index in [0.29, 0.717) is 0 Å². The minimum absolute atomic E-state index is 0.00616. The Hall–Kier alpha value is -2.63. The highest BCUT2D eigenvalue weighted by Gasteiger charge is 2.70. The molecule has 1 aliphatic carbocycles. The van der Waals surface area contributed by atoms with Crippen LogP contribution in [-0.2, 0) is 14.8 Å². The first kappa shape index (κ1) is 20.6. The van der Waals surface area contributed by atoms with E-state index in [4.69, 9.17) is 4.52 Å². The topological polar surface area (TPSA) is 110 Å². The number of carboxylic acids is 1. The molecule has 4 rings (SSSR count). The summed E-state index contributed by atoms with van der Waals surface area (Å²) in [6, 6.07) is 12.5. The van der Waals surface area contributed by atoms with Gasteiger partial charge in [-0.3, -0.25) is 4.79 Å². The Morgan fingerprint density at radius 1 is 1.27 bits per heavy atom. The lowest BCUT2D eigenvalue weighted by Crippen LogP contribution is -2.45. The van der Waals surface area contributed by atoms with Crippen LogP contribution in [0, 0.1) is 5.92 Å². The van der Waals surface area contributed by atoms with Crippen molar-refractivity contribution in [2.45, 2.75) is 29.0 Å². The number of sulfonamides is 1. The molecule has 0 bridgehead atoms. The molecular weight excluding hydrogens is 438 g/mol. The highest BCUT2D eigenvalue weighted by atomic mass is 32.2. The van der Waals surface area contributed by atoms with Crippen LogP contribution in [0.15, 0.2) is 57.3 Å². The van der Waals surface area contributed by atoms with Gasteiger partial charge in [0.25, 0.3) is 16.4 Å². The largest absolute Gasteiger partial charge is 0.480 e. The first-order valence-corrected chi connectivity index (χ1v) is 11.1. The highest BCUT2D eigenvalue weighted by molar-refractivity contribution is 7.91. The third-order valence-electron chi connectivity index (χ3n) is 5.26. The molecule has 1 aromatic carbocycles. The zero-order valence-corrected chi connectivity index (χ0v) is 17.1. The van der Waals surface area contributed by atoms with Crippen LogP contribution in [0.3, 0.4) is 0 Å². The molecule has 3 atom stereocenters. The summed E-state index contributed by atoms with van der Waals surface area (Å²) >= 11 is 0.774. The van der Waals surface area contributed by atoms with Gasteiger partial charge in [-0.25, -0.2) is 17.2 Å². The molecule has 0 amide bonds. The fourth-order valence-corrected chi connectivity index (χ4v) is 6.39. The standard InChI is InChI=1S/C19H16F2N2O5S2/c1-10-16(11-5-3-2-4-6-11)19(10,18(24)25)23-30(26,27)15-8-7-14(29-15)13-9-12(17(20)21)22-28-13/h2-10,16-17,23H,1H3,(H,24,25)/t10?,16-,19+/m1/s1. The minimum Gasteiger partial charge on any atom is -0.480 e. The Balaban J connectivity index is 1.62. The second-order valence-corrected chi connectivity index (χ2v) is 9.99. The number of carbonyl (C=O) groups is 1. The zero-order chi connectivity index (χ0) is 21.7. The number of carboxylic acid groups (broad SMARTS) is 1. The summed E-state index contributed by atoms with van der Waals surface area (Å²) in [6.07, 6.45) is -2.81. The molecule has 2 heterocycles. The molecule has 1 unspecified atom stereocenters. The predicted molar refractivity (Wildman–Crippen MR) is 104 cm³/mol. The van der Waals surface area contributed by atoms with E-state index in [0.717, 1.165) is 23.0 Å². The summed E-state index contributed by atoms with van der Waals surface area (Å²) in [6.45, 7) is 1.68. The van der Waals surface area contributed by atoms with E-state index in [9.17, 15) is 27.1 Å². The van der Waals surface area contributed by atoms with Crippen LogP contribution < -0.4 is 4.72 Å². The SMILES string of the molecule is CC1[C@H](c2ccccc2)[C@]1(NS(=O)(=O)c1ccc(-c2cc(C(F)F)no2)s1)C(=O)O. The maximum absolute atomic E-state index is 12.9. The summed E-state index contributed by atoms with van der Waals surface area (Å²) in [4.78, 5) is 12.3. The first-order chi connectivity index (χ1) is 14.2. The lowest BCUT2D eigenvalue weighted by molar-refractivity contribution is -0.140. The highest BCUT2D eigenvalue weighted by Crippen LogP contribution is 2.58. The number of nitrogens with zero attached hydrogens (tertiary/aromatic N) is 1. The molecule has 2 aromatic heterocycles. The molecule has 0 saturated heterocycles. The molecule has 7 nitrogen and oxygen atoms in total. The van der Waals surface area contributed by atoms with E-state index < -0.39 is 45.5 Å². The molecule has 1 fully saturated rings. The van der Waals surface area contributed by atoms with Crippen molar-refractivity contribution in [2.24, 2.45) is 5.92 Å². The number of hydrogen-bond acceptors (Lipinski definition) is 6. The fourth-order valence-electron chi connectivity index (χ4n) is 3.68. The van der Waals surface area contributed by atoms with Gasteiger partial charge in [-0.15, -0.1) is 11.3 Å². The van der Waals surface area contributed by atoms with Crippen LogP contribution in [0.25, 0.3) is 10.6 Å². The van der Waals surface area contributed by atoms with Crippen molar-refractivity contribution in [3.8, 4) is 10.6 Å². The van der Waals surface area contributed by atoms with E-state index in [1.807, 2.05) is 0 Å². The Bertz CT molecular complexity index is 1190. The quantitative estimate of drug-likeness (QED) is 0.561. The van der Waals surface area contributed by atoms with Gasteiger partial charge in [-0.1, -0.05) is 42.4 Å². The molecule has 158 valence electrons. The number of thiophene rings is 1. The lowest BCUT2D eigenvalue weighted by Gasteiger charge is -2.15. The Kier molecular flexibility index (Phi) is 4.99. The summed E-state index contributed by atoms with van der Waals surface area (Å²) < 4.78 is 58.3. The van der Waals surface area contributed by atoms with Crippen molar-refractivity contribution in [2.75, 3.05) is 0 Å². The predicted octanol–water partition coefficient (Wildman–Crippen LogP) is 3.88. The van der Waals surface area contributed by atoms with E-state index in [-0.39, 0.29) is 14.8 Å². The van der Waals surface area contributed by atoms with Crippen molar-refractivity contribution < 1.29 is 31.6 Å². The smallest absolute Gasteiger partial charge is 0.325 e. The fraction of sp³-hybridized carbons (Fsp3) is 0.263. The van der Waals surface area contributed by atoms with Crippen molar-refractivity contribution >= 4 is 27.3 Å². The van der Waals surface area contributed by atoms with E-state index in [1.54, 1.807) is 37.3 Å². The number of benzene rings is 1. The maximum Gasteiger partial charge on any atom is 0.325 e. The molecule has 0 radical (unpaired) electrons. The number of halogens is 2. The Morgan fingerprint density at radius 3 is 2.57 bits per heavy atom. The second kappa shape index (κ2) is 7.25. The average Bonchev–Trinajstić information content (AvgIpc) is 3.14. The number of hydrogen-bond donors (Lipinski definition) is 2. The minimum atomic E-state index is -4.19. The normalized spacial score (nSPS) is 23.6. The van der Waals surface area contributed by atoms with E-state index in [2.05, 4.69) is 9.88 Å². The monoisotopic (exact) mass is 454 g/mol. The van der Waals surface area contributed by atoms with E-state index in [1.165, 1.54) is 12.1 Å². The van der Waals surface area contributed by atoms with Crippen LogP contribution in [-0.4, -0.2) is 30.2 Å². The van der Waals surface area contributed by atoms with Crippen molar-refractivity contribution in [1.82, 2.24) is 9.88 Å². The summed E-state index contributed by atoms with van der Waals surface area (Å²) in [5, 5.41) is 13.1. The number of aliphatic carboxylic acids is 1. The third-order valence-corrected chi connectivity index (χ3v) is 8.33. The van der Waals surface area contributed by atoms with Crippen molar-refractivity contribution in [3.63, 3.8) is 0 Å². The van der Waals surface area contributed by atoms with Gasteiger partial charge in [-0.2, -0.15) is 4.72 Å². The summed E-state index contributed by atoms with van der Waals surface area (Å²) in [5.74, 6) is -2.24. The summed E-state index contributed by atoms with van der Waals surface area (Å²) in [7, 11) is -4.19. The van der Waals surface area contributed by atoms with Crippen LogP contribution in [0.1, 0.15) is 30.5 Å². The molecule has 2 N–H and O–H groups in total. The Morgan fingerprint density at radius 2 is 1.97 bits per heavy atom. The van der Waals surface area contributed by atoms with Crippen LogP contribution in [0.5, 0.6) is 0 Å². The maximum atomic E-state index is 12.9. The molecule has 0 aliphatic heterocycles. The van der Waals surface area contributed by atoms with Gasteiger partial charge in [0.05, 0.1) is 4.88 Å². The van der Waals surface area contributed by atoms with E-state index >= 15 is 0 Å². The number of nitrogens with one attached hydrogen (secondary N) is 1. The van der Waals surface area contributed by atoms with Gasteiger partial charge in [0.1, 0.15) is 15.4 Å². The lowest BCUT2D eigenvalue weighted by atomic mass is 10.1.